The van der Waals surface area contributed by atoms with Gasteiger partial charge in [0.25, 0.3) is 5.56 Å². The molecule has 0 radical (unpaired) electrons. The zero-order valence-electron chi connectivity index (χ0n) is 60.3. The van der Waals surface area contributed by atoms with Crippen molar-refractivity contribution in [1.82, 2.24) is 39.4 Å². The highest BCUT2D eigenvalue weighted by molar-refractivity contribution is 5.88. The maximum absolute atomic E-state index is 13.4. The van der Waals surface area contributed by atoms with E-state index >= 15 is 0 Å². The molecule has 0 saturated heterocycles. The van der Waals surface area contributed by atoms with Crippen molar-refractivity contribution in [2.24, 2.45) is 0 Å². The molecule has 11 nitrogen and oxygen atoms in total. The number of nitrogens with one attached hydrogen (secondary N) is 3. The van der Waals surface area contributed by atoms with E-state index in [1.807, 2.05) is 26.0 Å². The smallest absolute Gasteiger partial charge is 0.321 e. The van der Waals surface area contributed by atoms with E-state index < -0.39 is 11.6 Å². The molecule has 2 amide bonds. The summed E-state index contributed by atoms with van der Waals surface area (Å²) in [4.78, 5) is 50.3. The van der Waals surface area contributed by atoms with E-state index in [0.717, 1.165) is 102 Å². The van der Waals surface area contributed by atoms with Gasteiger partial charge in [-0.1, -0.05) is 265 Å². The van der Waals surface area contributed by atoms with E-state index in [9.17, 15) is 9.59 Å². The molecule has 0 saturated carbocycles. The van der Waals surface area contributed by atoms with Crippen LogP contribution in [0.15, 0.2) is 65.5 Å². The Hall–Kier alpha value is -6.36. The molecule has 0 unspecified atom stereocenters. The average molecular weight is 1280 g/mol. The third-order valence-electron chi connectivity index (χ3n) is 19.5. The van der Waals surface area contributed by atoms with E-state index in [0.29, 0.717) is 17.8 Å². The topological polar surface area (TPSA) is 135 Å². The predicted octanol–water partition coefficient (Wildman–Crippen LogP) is 23.8. The molecular weight excluding hydrogens is 1150 g/mol. The predicted molar refractivity (Wildman–Crippen MR) is 403 cm³/mol. The number of aromatic nitrogens is 7. The number of amides is 2. The van der Waals surface area contributed by atoms with Gasteiger partial charge in [-0.15, -0.1) is 0 Å². The molecular formula is C83H125N9O2. The number of anilines is 1. The summed E-state index contributed by atoms with van der Waals surface area (Å²) in [6.07, 6.45) is 53.8. The molecule has 0 fully saturated rings. The Kier molecular flexibility index (Phi) is 34.3. The van der Waals surface area contributed by atoms with Crippen LogP contribution in [0.4, 0.5) is 10.7 Å². The van der Waals surface area contributed by atoms with Crippen molar-refractivity contribution in [2.75, 3.05) is 11.9 Å². The second-order valence-corrected chi connectivity index (χ2v) is 27.5. The van der Waals surface area contributed by atoms with Crippen LogP contribution in [0.3, 0.4) is 0 Å². The number of H-pyrrole nitrogens is 1. The largest absolute Gasteiger partial charge is 0.338 e. The number of imidazole rings is 2. The van der Waals surface area contributed by atoms with Gasteiger partial charge in [0.1, 0.15) is 11.4 Å². The number of rotatable bonds is 49. The third-order valence-corrected chi connectivity index (χ3v) is 19.5. The fraction of sp³-hybridized carbons (Fsp3) is 0.614. The molecule has 0 aliphatic carbocycles. The molecule has 4 aromatic heterocycles. The van der Waals surface area contributed by atoms with Gasteiger partial charge in [0.15, 0.2) is 11.6 Å². The number of urea groups is 1. The van der Waals surface area contributed by atoms with Crippen molar-refractivity contribution in [2.45, 2.75) is 325 Å². The van der Waals surface area contributed by atoms with Crippen molar-refractivity contribution >= 4 is 46.2 Å². The molecule has 0 bridgehead atoms. The van der Waals surface area contributed by atoms with Gasteiger partial charge >= 0.3 is 6.03 Å². The van der Waals surface area contributed by atoms with Crippen molar-refractivity contribution in [3.8, 4) is 34.2 Å². The minimum atomic E-state index is -0.416. The first kappa shape index (κ1) is 75.0. The number of aromatic amines is 1. The lowest BCUT2D eigenvalue weighted by Gasteiger charge is -2.15. The number of hydrogen-bond acceptors (Lipinski definition) is 6. The van der Waals surface area contributed by atoms with E-state index in [4.69, 9.17) is 15.0 Å². The van der Waals surface area contributed by atoms with E-state index in [2.05, 4.69) is 132 Å². The lowest BCUT2D eigenvalue weighted by molar-refractivity contribution is 0.252. The normalized spacial score (nSPS) is 11.8. The molecule has 3 aromatic carbocycles. The molecule has 11 heteroatoms. The highest BCUT2D eigenvalue weighted by Gasteiger charge is 2.23. The summed E-state index contributed by atoms with van der Waals surface area (Å²) in [6, 6.07) is 22.9. The molecule has 0 aliphatic rings. The van der Waals surface area contributed by atoms with Gasteiger partial charge in [-0.05, 0) is 159 Å². The summed E-state index contributed by atoms with van der Waals surface area (Å²) < 4.78 is 5.11. The van der Waals surface area contributed by atoms with E-state index in [-0.39, 0.29) is 5.95 Å². The van der Waals surface area contributed by atoms with Crippen LogP contribution >= 0.6 is 0 Å². The number of nitrogens with zero attached hydrogens (tertiary/aromatic N) is 6. The minimum Gasteiger partial charge on any atom is -0.338 e. The summed E-state index contributed by atoms with van der Waals surface area (Å²) in [6.45, 7) is 19.8. The lowest BCUT2D eigenvalue weighted by Crippen LogP contribution is -2.30. The molecule has 3 N–H and O–H groups in total. The standard InChI is InChI=1S/C83H125N9O2/c1-9-16-22-28-34-40-46-67-58-73-77(62-69(67)48-42-36-30-24-18-11-3)91(56-44-38-32-26-20-13-5)79(87-73)75-60-71(66-53-50-65(51-54-66)52-55-72-64(8)85-82(89-81(72)93)90-83(94)84-15-7)61-76(86-75)80-88-74-59-68(47-41-35-29-23-17-10-2)70(49-43-37-31-25-19-12-4)63-78(74)92(80)57-45-39-33-27-21-14-6/h50-55,58-63H,9-49,56-57H2,1-8H3,(H3,84,85,89,90,93,94)/b55-52+. The van der Waals surface area contributed by atoms with Crippen LogP contribution in [-0.4, -0.2) is 46.6 Å². The molecule has 7 rings (SSSR count). The molecule has 7 aromatic rings. The molecule has 514 valence electrons. The van der Waals surface area contributed by atoms with Crippen LogP contribution in [0, 0.1) is 6.92 Å². The number of unbranched alkanes of at least 4 members (excludes halogenated alkanes) is 30. The molecule has 94 heavy (non-hydrogen) atoms. The van der Waals surface area contributed by atoms with Gasteiger partial charge in [0, 0.05) is 25.3 Å². The fourth-order valence-electron chi connectivity index (χ4n) is 13.8. The van der Waals surface area contributed by atoms with Gasteiger partial charge in [-0.3, -0.25) is 10.1 Å². The van der Waals surface area contributed by atoms with Gasteiger partial charge in [-0.25, -0.2) is 19.7 Å². The Morgan fingerprint density at radius 3 is 1.18 bits per heavy atom. The second-order valence-electron chi connectivity index (χ2n) is 27.5. The van der Waals surface area contributed by atoms with Crippen molar-refractivity contribution < 1.29 is 4.79 Å². The second kappa shape index (κ2) is 42.9. The Bertz CT molecular complexity index is 3250. The number of pyridine rings is 1. The first-order valence-corrected chi connectivity index (χ1v) is 38.6. The van der Waals surface area contributed by atoms with Crippen LogP contribution in [0.25, 0.3) is 68.4 Å². The first-order valence-electron chi connectivity index (χ1n) is 38.6. The van der Waals surface area contributed by atoms with Crippen LogP contribution in [-0.2, 0) is 38.8 Å². The van der Waals surface area contributed by atoms with E-state index in [1.165, 1.54) is 252 Å². The van der Waals surface area contributed by atoms with Gasteiger partial charge in [0.05, 0.1) is 27.6 Å². The van der Waals surface area contributed by atoms with Crippen molar-refractivity contribution in [3.63, 3.8) is 0 Å². The molecule has 0 atom stereocenters. The average Bonchev–Trinajstić information content (AvgIpc) is 1.61. The third kappa shape index (κ3) is 24.1. The Labute approximate surface area is 568 Å². The van der Waals surface area contributed by atoms with Crippen LogP contribution in [0.5, 0.6) is 0 Å². The highest BCUT2D eigenvalue weighted by atomic mass is 16.2. The maximum atomic E-state index is 13.4. The van der Waals surface area contributed by atoms with E-state index in [1.54, 1.807) is 0 Å². The summed E-state index contributed by atoms with van der Waals surface area (Å²) in [5, 5.41) is 5.32. The fourth-order valence-corrected chi connectivity index (χ4v) is 13.8. The number of carbonyl (C=O) groups is 1. The number of carbonyl (C=O) groups excluding carboxylic acids is 1. The number of benzene rings is 3. The zero-order valence-corrected chi connectivity index (χ0v) is 60.3. The minimum absolute atomic E-state index is 0.116. The van der Waals surface area contributed by atoms with Gasteiger partial charge < -0.3 is 19.4 Å². The number of aryl methyl sites for hydroxylation is 7. The quantitative estimate of drug-likeness (QED) is 0.0325. The summed E-state index contributed by atoms with van der Waals surface area (Å²) in [7, 11) is 0. The Morgan fingerprint density at radius 1 is 0.426 bits per heavy atom. The zero-order chi connectivity index (χ0) is 66.5. The summed E-state index contributed by atoms with van der Waals surface area (Å²) >= 11 is 0. The van der Waals surface area contributed by atoms with Crippen molar-refractivity contribution in [3.05, 3.63) is 110 Å². The first-order chi connectivity index (χ1) is 46.1. The lowest BCUT2D eigenvalue weighted by atomic mass is 9.95. The highest BCUT2D eigenvalue weighted by Crippen LogP contribution is 2.36. The maximum Gasteiger partial charge on any atom is 0.321 e. The molecule has 4 heterocycles. The Morgan fingerprint density at radius 2 is 0.798 bits per heavy atom. The van der Waals surface area contributed by atoms with Crippen LogP contribution in [0.2, 0.25) is 0 Å². The molecule has 0 aliphatic heterocycles. The summed E-state index contributed by atoms with van der Waals surface area (Å²) in [5.74, 6) is 2.00. The van der Waals surface area contributed by atoms with Crippen LogP contribution < -0.4 is 16.2 Å². The van der Waals surface area contributed by atoms with Crippen molar-refractivity contribution in [1.29, 1.82) is 0 Å². The SMILES string of the molecule is CCCCCCCCc1cc2nc(-c3cc(-c4ccc(/C=C/c5c(C)[nH]c(NC(=O)NCC)nc5=O)cc4)cc(-c4nc5cc(CCCCCCCC)c(CCCCCCCC)cc5n4CCCCCCCC)n3)n(CCCCCCCC)c2cc1CCCCCCCC. The monoisotopic (exact) mass is 1280 g/mol. The Balaban J connectivity index is 1.40. The number of fused-ring (bicyclic) bond motifs is 2. The van der Waals surface area contributed by atoms with Crippen LogP contribution in [0.1, 0.15) is 319 Å². The number of hydrogen-bond donors (Lipinski definition) is 3. The summed E-state index contributed by atoms with van der Waals surface area (Å²) in [5.41, 5.74) is 16.1. The molecule has 0 spiro atoms. The van der Waals surface area contributed by atoms with Gasteiger partial charge in [0.2, 0.25) is 5.95 Å². The van der Waals surface area contributed by atoms with Gasteiger partial charge in [-0.2, -0.15) is 4.98 Å².